The maximum absolute atomic E-state index is 14.0. The average Bonchev–Trinajstić information content (AvgIpc) is 2.30. The number of hydrogen-bond acceptors (Lipinski definition) is 1. The van der Waals surface area contributed by atoms with Crippen LogP contribution in [0.5, 0.6) is 0 Å². The minimum absolute atomic E-state index is 0.303. The van der Waals surface area contributed by atoms with E-state index in [2.05, 4.69) is 31.9 Å². The number of nitrogens with two attached hydrogens (primary N) is 1. The minimum Gasteiger partial charge on any atom is -0.320 e. The lowest BCUT2D eigenvalue weighted by Gasteiger charge is -2.15. The fourth-order valence-corrected chi connectivity index (χ4v) is 2.89. The molecule has 0 bridgehead atoms. The van der Waals surface area contributed by atoms with Crippen molar-refractivity contribution in [3.63, 3.8) is 0 Å². The molecule has 0 spiro atoms. The molecule has 0 aliphatic rings. The van der Waals surface area contributed by atoms with Crippen LogP contribution in [0.1, 0.15) is 22.7 Å². The Kier molecular flexibility index (Phi) is 4.20. The first kappa shape index (κ1) is 13.7. The van der Waals surface area contributed by atoms with Gasteiger partial charge >= 0.3 is 0 Å². The largest absolute Gasteiger partial charge is 0.320 e. The molecule has 2 aromatic carbocycles. The Morgan fingerprint density at radius 1 is 1.17 bits per heavy atom. The molecule has 0 aliphatic heterocycles. The summed E-state index contributed by atoms with van der Waals surface area (Å²) in [5.74, 6) is -0.303. The lowest BCUT2D eigenvalue weighted by Crippen LogP contribution is -2.14. The Labute approximate surface area is 122 Å². The van der Waals surface area contributed by atoms with Gasteiger partial charge in [0.15, 0.2) is 0 Å². The number of rotatable bonds is 2. The molecule has 0 saturated heterocycles. The minimum atomic E-state index is -0.473. The molecule has 0 radical (unpaired) electrons. The molecule has 2 rings (SSSR count). The van der Waals surface area contributed by atoms with Gasteiger partial charge in [-0.25, -0.2) is 4.39 Å². The van der Waals surface area contributed by atoms with Crippen molar-refractivity contribution in [2.45, 2.75) is 13.0 Å². The predicted octanol–water partition coefficient (Wildman–Crippen LogP) is 4.71. The van der Waals surface area contributed by atoms with Crippen LogP contribution in [0.25, 0.3) is 0 Å². The highest BCUT2D eigenvalue weighted by Gasteiger charge is 2.15. The summed E-state index contributed by atoms with van der Waals surface area (Å²) in [5.41, 5.74) is 8.61. The zero-order valence-electron chi connectivity index (χ0n) is 9.75. The summed E-state index contributed by atoms with van der Waals surface area (Å²) in [5, 5.41) is 0. The van der Waals surface area contributed by atoms with Crippen LogP contribution in [0.2, 0.25) is 0 Å². The molecule has 1 atom stereocenters. The maximum Gasteiger partial charge on any atom is 0.142 e. The van der Waals surface area contributed by atoms with E-state index in [1.165, 1.54) is 0 Å². The maximum atomic E-state index is 14.0. The Morgan fingerprint density at radius 2 is 1.89 bits per heavy atom. The first-order chi connectivity index (χ1) is 8.49. The first-order valence-electron chi connectivity index (χ1n) is 5.45. The molecule has 0 heterocycles. The lowest BCUT2D eigenvalue weighted by atomic mass is 9.98. The summed E-state index contributed by atoms with van der Waals surface area (Å²) < 4.78 is 15.4. The van der Waals surface area contributed by atoms with Crippen molar-refractivity contribution in [1.82, 2.24) is 0 Å². The van der Waals surface area contributed by atoms with Crippen molar-refractivity contribution in [2.75, 3.05) is 0 Å². The van der Waals surface area contributed by atoms with E-state index in [4.69, 9.17) is 5.73 Å². The molecule has 0 saturated carbocycles. The quantitative estimate of drug-likeness (QED) is 0.811. The molecular weight excluding hydrogens is 361 g/mol. The Bertz CT molecular complexity index is 564. The van der Waals surface area contributed by atoms with Crippen molar-refractivity contribution < 1.29 is 4.39 Å². The molecule has 0 aromatic heterocycles. The monoisotopic (exact) mass is 371 g/mol. The summed E-state index contributed by atoms with van der Waals surface area (Å²) >= 11 is 6.60. The molecule has 1 nitrogen and oxygen atoms in total. The second-order valence-corrected chi connectivity index (χ2v) is 5.95. The summed E-state index contributed by atoms with van der Waals surface area (Å²) in [6, 6.07) is 10.6. The van der Waals surface area contributed by atoms with Crippen LogP contribution in [-0.2, 0) is 0 Å². The van der Waals surface area contributed by atoms with E-state index in [9.17, 15) is 4.39 Å². The number of benzene rings is 2. The van der Waals surface area contributed by atoms with E-state index in [-0.39, 0.29) is 5.82 Å². The van der Waals surface area contributed by atoms with Crippen molar-refractivity contribution in [2.24, 2.45) is 5.73 Å². The van der Waals surface area contributed by atoms with Gasteiger partial charge in [0.2, 0.25) is 0 Å². The Morgan fingerprint density at radius 3 is 2.56 bits per heavy atom. The summed E-state index contributed by atoms with van der Waals surface area (Å²) in [6.07, 6.45) is 0. The molecule has 0 fully saturated rings. The second-order valence-electron chi connectivity index (χ2n) is 4.18. The van der Waals surface area contributed by atoms with Gasteiger partial charge < -0.3 is 5.73 Å². The topological polar surface area (TPSA) is 26.0 Å². The van der Waals surface area contributed by atoms with E-state index in [0.29, 0.717) is 10.0 Å². The van der Waals surface area contributed by atoms with Gasteiger partial charge in [0.25, 0.3) is 0 Å². The van der Waals surface area contributed by atoms with Gasteiger partial charge in [-0.15, -0.1) is 0 Å². The van der Waals surface area contributed by atoms with E-state index in [0.717, 1.165) is 15.6 Å². The van der Waals surface area contributed by atoms with Gasteiger partial charge in [-0.3, -0.25) is 0 Å². The first-order valence-corrected chi connectivity index (χ1v) is 7.04. The van der Waals surface area contributed by atoms with Crippen LogP contribution in [-0.4, -0.2) is 0 Å². The highest BCUT2D eigenvalue weighted by atomic mass is 79.9. The van der Waals surface area contributed by atoms with Crippen LogP contribution >= 0.6 is 31.9 Å². The van der Waals surface area contributed by atoms with Crippen molar-refractivity contribution in [3.8, 4) is 0 Å². The second kappa shape index (κ2) is 5.51. The van der Waals surface area contributed by atoms with Gasteiger partial charge in [-0.1, -0.05) is 34.1 Å². The lowest BCUT2D eigenvalue weighted by molar-refractivity contribution is 0.593. The standard InChI is InChI=1S/C14H12Br2FN/c1-8-5-9(7-10(15)6-8)14(18)11-3-2-4-12(16)13(11)17/h2-7,14H,18H2,1H3. The fraction of sp³-hybridized carbons (Fsp3) is 0.143. The molecule has 18 heavy (non-hydrogen) atoms. The summed E-state index contributed by atoms with van der Waals surface area (Å²) in [7, 11) is 0. The Hall–Kier alpha value is -0.710. The van der Waals surface area contributed by atoms with Gasteiger partial charge in [0.05, 0.1) is 10.5 Å². The molecule has 0 aliphatic carbocycles. The van der Waals surface area contributed by atoms with Crippen LogP contribution in [0.4, 0.5) is 4.39 Å². The highest BCUT2D eigenvalue weighted by molar-refractivity contribution is 9.10. The van der Waals surface area contributed by atoms with Crippen LogP contribution in [0.15, 0.2) is 45.3 Å². The number of aryl methyl sites for hydroxylation is 1. The van der Waals surface area contributed by atoms with Crippen molar-refractivity contribution in [3.05, 3.63) is 67.9 Å². The molecule has 0 amide bonds. The molecule has 2 N–H and O–H groups in total. The third-order valence-corrected chi connectivity index (χ3v) is 3.81. The van der Waals surface area contributed by atoms with Gasteiger partial charge in [0, 0.05) is 10.0 Å². The smallest absolute Gasteiger partial charge is 0.142 e. The fourth-order valence-electron chi connectivity index (χ4n) is 1.88. The van der Waals surface area contributed by atoms with E-state index in [1.54, 1.807) is 18.2 Å². The van der Waals surface area contributed by atoms with Gasteiger partial charge in [-0.05, 0) is 52.2 Å². The van der Waals surface area contributed by atoms with Crippen LogP contribution < -0.4 is 5.73 Å². The van der Waals surface area contributed by atoms with E-state index < -0.39 is 6.04 Å². The van der Waals surface area contributed by atoms with E-state index >= 15 is 0 Å². The van der Waals surface area contributed by atoms with Crippen LogP contribution in [0.3, 0.4) is 0 Å². The molecule has 94 valence electrons. The Balaban J connectivity index is 2.47. The normalized spacial score (nSPS) is 12.5. The zero-order valence-corrected chi connectivity index (χ0v) is 12.9. The third-order valence-electron chi connectivity index (χ3n) is 2.74. The van der Waals surface area contributed by atoms with Gasteiger partial charge in [0.1, 0.15) is 5.82 Å². The van der Waals surface area contributed by atoms with E-state index in [1.807, 2.05) is 25.1 Å². The van der Waals surface area contributed by atoms with Crippen LogP contribution in [0, 0.1) is 12.7 Å². The van der Waals surface area contributed by atoms with Crippen molar-refractivity contribution in [1.29, 1.82) is 0 Å². The van der Waals surface area contributed by atoms with Gasteiger partial charge in [-0.2, -0.15) is 0 Å². The molecule has 2 aromatic rings. The zero-order chi connectivity index (χ0) is 13.3. The number of halogens is 3. The highest BCUT2D eigenvalue weighted by Crippen LogP contribution is 2.28. The van der Waals surface area contributed by atoms with Crippen molar-refractivity contribution >= 4 is 31.9 Å². The summed E-state index contributed by atoms with van der Waals surface area (Å²) in [6.45, 7) is 1.98. The average molecular weight is 373 g/mol. The molecule has 1 unspecified atom stereocenters. The summed E-state index contributed by atoms with van der Waals surface area (Å²) in [4.78, 5) is 0. The molecule has 4 heteroatoms. The third kappa shape index (κ3) is 2.82. The SMILES string of the molecule is Cc1cc(Br)cc(C(N)c2cccc(Br)c2F)c1. The predicted molar refractivity (Wildman–Crippen MR) is 79.0 cm³/mol. The molecular formula is C14H12Br2FN. The number of hydrogen-bond donors (Lipinski definition) is 1.